The van der Waals surface area contributed by atoms with Crippen LogP contribution >= 0.6 is 11.3 Å². The van der Waals surface area contributed by atoms with E-state index in [-0.39, 0.29) is 11.8 Å². The number of nitrogens with zero attached hydrogens (tertiary/aromatic N) is 1. The summed E-state index contributed by atoms with van der Waals surface area (Å²) < 4.78 is 5.42. The lowest BCUT2D eigenvalue weighted by Crippen LogP contribution is -2.19. The third kappa shape index (κ3) is 4.04. The van der Waals surface area contributed by atoms with Gasteiger partial charge in [-0.15, -0.1) is 11.3 Å². The quantitative estimate of drug-likeness (QED) is 0.870. The number of thiazole rings is 1. The number of rotatable bonds is 6. The van der Waals surface area contributed by atoms with Gasteiger partial charge in [0.05, 0.1) is 12.3 Å². The molecule has 0 aliphatic carbocycles. The number of nitrogens with one attached hydrogen (secondary N) is 1. The summed E-state index contributed by atoms with van der Waals surface area (Å²) in [5.74, 6) is 0.870. The Morgan fingerprint density at radius 1 is 1.33 bits per heavy atom. The van der Waals surface area contributed by atoms with E-state index in [0.717, 1.165) is 23.4 Å². The first-order valence-electron chi connectivity index (χ1n) is 7.13. The summed E-state index contributed by atoms with van der Waals surface area (Å²) >= 11 is 1.44. The van der Waals surface area contributed by atoms with E-state index >= 15 is 0 Å². The van der Waals surface area contributed by atoms with E-state index in [1.54, 1.807) is 0 Å². The predicted molar refractivity (Wildman–Crippen MR) is 86.8 cm³/mol. The van der Waals surface area contributed by atoms with E-state index in [4.69, 9.17) is 4.74 Å². The first-order valence-corrected chi connectivity index (χ1v) is 8.01. The van der Waals surface area contributed by atoms with Gasteiger partial charge in [-0.05, 0) is 37.6 Å². The lowest BCUT2D eigenvalue weighted by molar-refractivity contribution is -0.119. The minimum Gasteiger partial charge on any atom is -0.494 e. The van der Waals surface area contributed by atoms with E-state index in [1.807, 2.05) is 50.4 Å². The molecule has 1 heterocycles. The van der Waals surface area contributed by atoms with Crippen LogP contribution in [0.4, 0.5) is 5.13 Å². The van der Waals surface area contributed by atoms with Gasteiger partial charge in [-0.2, -0.15) is 0 Å². The van der Waals surface area contributed by atoms with Gasteiger partial charge in [-0.3, -0.25) is 4.79 Å². The molecule has 0 aliphatic rings. The average molecular weight is 304 g/mol. The van der Waals surface area contributed by atoms with E-state index < -0.39 is 0 Å². The number of benzene rings is 1. The summed E-state index contributed by atoms with van der Waals surface area (Å²) in [4.78, 5) is 16.3. The van der Waals surface area contributed by atoms with E-state index in [9.17, 15) is 4.79 Å². The lowest BCUT2D eigenvalue weighted by Gasteiger charge is -2.06. The van der Waals surface area contributed by atoms with Crippen LogP contribution in [0, 0.1) is 5.92 Å². The van der Waals surface area contributed by atoms with Crippen LogP contribution in [0.2, 0.25) is 0 Å². The van der Waals surface area contributed by atoms with Crippen molar-refractivity contribution in [2.24, 2.45) is 5.92 Å². The average Bonchev–Trinajstić information content (AvgIpc) is 2.96. The fourth-order valence-electron chi connectivity index (χ4n) is 1.77. The first-order chi connectivity index (χ1) is 10.1. The maximum Gasteiger partial charge on any atom is 0.228 e. The van der Waals surface area contributed by atoms with Gasteiger partial charge in [0.25, 0.3) is 0 Å². The Hall–Kier alpha value is -1.88. The first kappa shape index (κ1) is 15.5. The summed E-state index contributed by atoms with van der Waals surface area (Å²) in [5.41, 5.74) is 1.88. The molecule has 1 N–H and O–H groups in total. The highest BCUT2D eigenvalue weighted by Crippen LogP contribution is 2.26. The Labute approximate surface area is 129 Å². The smallest absolute Gasteiger partial charge is 0.228 e. The molecule has 0 saturated heterocycles. The van der Waals surface area contributed by atoms with Crippen molar-refractivity contribution in [1.82, 2.24) is 4.98 Å². The highest BCUT2D eigenvalue weighted by atomic mass is 32.1. The molecular formula is C16H20N2O2S. The zero-order valence-electron chi connectivity index (χ0n) is 12.6. The number of hydrogen-bond donors (Lipinski definition) is 1. The van der Waals surface area contributed by atoms with Gasteiger partial charge < -0.3 is 10.1 Å². The summed E-state index contributed by atoms with van der Waals surface area (Å²) in [6.45, 7) is 6.52. The molecule has 1 amide bonds. The van der Waals surface area contributed by atoms with Crippen LogP contribution in [0.25, 0.3) is 11.3 Å². The third-order valence-electron chi connectivity index (χ3n) is 3.26. The summed E-state index contributed by atoms with van der Waals surface area (Å²) in [6, 6.07) is 7.80. The van der Waals surface area contributed by atoms with Gasteiger partial charge in [0.2, 0.25) is 5.91 Å². The van der Waals surface area contributed by atoms with Gasteiger partial charge >= 0.3 is 0 Å². The minimum absolute atomic E-state index is 0.00262. The Bertz CT molecular complexity index is 593. The molecule has 1 atom stereocenters. The van der Waals surface area contributed by atoms with Crippen LogP contribution in [-0.4, -0.2) is 17.5 Å². The number of hydrogen-bond acceptors (Lipinski definition) is 4. The van der Waals surface area contributed by atoms with Crippen LogP contribution in [-0.2, 0) is 4.79 Å². The third-order valence-corrected chi connectivity index (χ3v) is 4.01. The molecule has 0 spiro atoms. The second-order valence-electron chi connectivity index (χ2n) is 4.79. The van der Waals surface area contributed by atoms with Crippen molar-refractivity contribution < 1.29 is 9.53 Å². The van der Waals surface area contributed by atoms with Crippen LogP contribution < -0.4 is 10.1 Å². The van der Waals surface area contributed by atoms with Gasteiger partial charge in [-0.1, -0.05) is 13.8 Å². The highest BCUT2D eigenvalue weighted by Gasteiger charge is 2.13. The van der Waals surface area contributed by atoms with E-state index in [2.05, 4.69) is 10.3 Å². The van der Waals surface area contributed by atoms with Gasteiger partial charge in [0, 0.05) is 16.9 Å². The Morgan fingerprint density at radius 3 is 2.67 bits per heavy atom. The number of anilines is 1. The molecule has 5 heteroatoms. The molecular weight excluding hydrogens is 284 g/mol. The van der Waals surface area contributed by atoms with Crippen molar-refractivity contribution in [1.29, 1.82) is 0 Å². The standard InChI is InChI=1S/C16H20N2O2S/c1-4-11(3)15(19)18-16-17-14(10-21-16)12-6-8-13(9-7-12)20-5-2/h6-11H,4-5H2,1-3H3,(H,17,18,19). The molecule has 1 aromatic carbocycles. The van der Waals surface area contributed by atoms with E-state index in [1.165, 1.54) is 11.3 Å². The van der Waals surface area contributed by atoms with Crippen LogP contribution in [0.3, 0.4) is 0 Å². The molecule has 2 aromatic rings. The van der Waals surface area contributed by atoms with Crippen molar-refractivity contribution in [3.05, 3.63) is 29.6 Å². The maximum atomic E-state index is 11.8. The molecule has 4 nitrogen and oxygen atoms in total. The fourth-order valence-corrected chi connectivity index (χ4v) is 2.49. The van der Waals surface area contributed by atoms with Crippen molar-refractivity contribution in [3.8, 4) is 17.0 Å². The van der Waals surface area contributed by atoms with Gasteiger partial charge in [0.1, 0.15) is 5.75 Å². The Balaban J connectivity index is 2.07. The van der Waals surface area contributed by atoms with Crippen LogP contribution in [0.5, 0.6) is 5.75 Å². The number of carbonyl (C=O) groups is 1. The summed E-state index contributed by atoms with van der Waals surface area (Å²) in [7, 11) is 0. The second-order valence-corrected chi connectivity index (χ2v) is 5.65. The van der Waals surface area contributed by atoms with Crippen LogP contribution in [0.1, 0.15) is 27.2 Å². The monoisotopic (exact) mass is 304 g/mol. The topological polar surface area (TPSA) is 51.2 Å². The zero-order valence-corrected chi connectivity index (χ0v) is 13.4. The molecule has 21 heavy (non-hydrogen) atoms. The number of carbonyl (C=O) groups excluding carboxylic acids is 1. The summed E-state index contributed by atoms with van der Waals surface area (Å²) in [5, 5.41) is 5.45. The summed E-state index contributed by atoms with van der Waals surface area (Å²) in [6.07, 6.45) is 0.822. The van der Waals surface area contributed by atoms with Crippen molar-refractivity contribution in [2.45, 2.75) is 27.2 Å². The molecule has 0 fully saturated rings. The Kier molecular flexibility index (Phi) is 5.33. The molecule has 0 bridgehead atoms. The molecule has 1 aromatic heterocycles. The molecule has 112 valence electrons. The van der Waals surface area contributed by atoms with Crippen molar-refractivity contribution in [3.63, 3.8) is 0 Å². The van der Waals surface area contributed by atoms with Gasteiger partial charge in [-0.25, -0.2) is 4.98 Å². The number of amides is 1. The Morgan fingerprint density at radius 2 is 2.05 bits per heavy atom. The largest absolute Gasteiger partial charge is 0.494 e. The molecule has 0 radical (unpaired) electrons. The predicted octanol–water partition coefficient (Wildman–Crippen LogP) is 4.19. The van der Waals surface area contributed by atoms with Crippen molar-refractivity contribution >= 4 is 22.4 Å². The maximum absolute atomic E-state index is 11.8. The fraction of sp³-hybridized carbons (Fsp3) is 0.375. The second kappa shape index (κ2) is 7.22. The molecule has 0 saturated carbocycles. The highest BCUT2D eigenvalue weighted by molar-refractivity contribution is 7.14. The molecule has 2 rings (SSSR count). The normalized spacial score (nSPS) is 12.0. The van der Waals surface area contributed by atoms with E-state index in [0.29, 0.717) is 11.7 Å². The molecule has 0 aliphatic heterocycles. The zero-order chi connectivity index (χ0) is 15.2. The lowest BCUT2D eigenvalue weighted by atomic mass is 10.1. The molecule has 1 unspecified atom stereocenters. The SMILES string of the molecule is CCOc1ccc(-c2csc(NC(=O)C(C)CC)n2)cc1. The van der Waals surface area contributed by atoms with Gasteiger partial charge in [0.15, 0.2) is 5.13 Å². The van der Waals surface area contributed by atoms with Crippen molar-refractivity contribution in [2.75, 3.05) is 11.9 Å². The van der Waals surface area contributed by atoms with Crippen LogP contribution in [0.15, 0.2) is 29.6 Å². The minimum atomic E-state index is 0.00262. The number of ether oxygens (including phenoxy) is 1. The number of aromatic nitrogens is 1.